The topological polar surface area (TPSA) is 49.8 Å². The monoisotopic (exact) mass is 433 g/mol. The number of carbonyl (C=O) groups excluding carboxylic acids is 1. The van der Waals surface area contributed by atoms with Gasteiger partial charge in [-0.15, -0.1) is 0 Å². The number of carbonyl (C=O) groups is 1. The van der Waals surface area contributed by atoms with Crippen LogP contribution in [0.25, 0.3) is 11.1 Å². The molecule has 0 bridgehead atoms. The lowest BCUT2D eigenvalue weighted by Gasteiger charge is -2.32. The fourth-order valence-electron chi connectivity index (χ4n) is 4.20. The van der Waals surface area contributed by atoms with Gasteiger partial charge < -0.3 is 14.7 Å². The van der Waals surface area contributed by atoms with E-state index >= 15 is 0 Å². The number of ether oxygens (including phenoxy) is 1. The number of hydrogen-bond donors (Lipinski definition) is 1. The molecule has 0 radical (unpaired) electrons. The highest BCUT2D eigenvalue weighted by Gasteiger charge is 2.23. The first-order chi connectivity index (χ1) is 15.6. The number of likely N-dealkylation sites (tertiary alicyclic amines) is 1. The number of phenols is 1. The quantitative estimate of drug-likeness (QED) is 0.539. The van der Waals surface area contributed by atoms with E-state index in [9.17, 15) is 14.3 Å². The lowest BCUT2D eigenvalue weighted by atomic mass is 9.90. The molecule has 4 rings (SSSR count). The molecule has 1 amide bonds. The van der Waals surface area contributed by atoms with Crippen molar-refractivity contribution in [2.75, 3.05) is 19.7 Å². The van der Waals surface area contributed by atoms with Gasteiger partial charge in [0.15, 0.2) is 6.61 Å². The van der Waals surface area contributed by atoms with E-state index in [1.807, 2.05) is 41.3 Å². The minimum atomic E-state index is -0.284. The minimum absolute atomic E-state index is 0.00359. The Balaban J connectivity index is 1.26. The van der Waals surface area contributed by atoms with Crippen LogP contribution in [0.4, 0.5) is 4.39 Å². The zero-order valence-electron chi connectivity index (χ0n) is 18.0. The highest BCUT2D eigenvalue weighted by atomic mass is 19.1. The molecule has 32 heavy (non-hydrogen) atoms. The second kappa shape index (κ2) is 10.3. The van der Waals surface area contributed by atoms with Crippen LogP contribution in [0, 0.1) is 11.7 Å². The van der Waals surface area contributed by atoms with E-state index in [1.54, 1.807) is 24.3 Å². The summed E-state index contributed by atoms with van der Waals surface area (Å²) >= 11 is 0. The normalized spacial score (nSPS) is 14.3. The standard InChI is InChI=1S/C27H28FNO3/c28-23-11-9-22(10-12-23)25-3-1-2-4-26(25)32-19-27(31)29-17-15-21(16-18-29)6-5-20-7-13-24(30)14-8-20/h1-4,7-14,21,30H,5-6,15-19H2. The van der Waals surface area contributed by atoms with Gasteiger partial charge in [-0.25, -0.2) is 4.39 Å². The summed E-state index contributed by atoms with van der Waals surface area (Å²) in [6.07, 6.45) is 4.07. The molecule has 0 spiro atoms. The van der Waals surface area contributed by atoms with Crippen LogP contribution < -0.4 is 4.74 Å². The molecule has 4 nitrogen and oxygen atoms in total. The van der Waals surface area contributed by atoms with Gasteiger partial charge in [0, 0.05) is 18.7 Å². The highest BCUT2D eigenvalue weighted by molar-refractivity contribution is 5.78. The van der Waals surface area contributed by atoms with Crippen molar-refractivity contribution in [3.05, 3.63) is 84.2 Å². The number of aryl methyl sites for hydroxylation is 1. The lowest BCUT2D eigenvalue weighted by Crippen LogP contribution is -2.41. The van der Waals surface area contributed by atoms with E-state index in [-0.39, 0.29) is 18.3 Å². The number of para-hydroxylation sites is 1. The Labute approximate surface area is 188 Å². The van der Waals surface area contributed by atoms with Gasteiger partial charge in [0.2, 0.25) is 0 Å². The molecule has 1 N–H and O–H groups in total. The molecule has 0 aliphatic carbocycles. The third-order valence-electron chi connectivity index (χ3n) is 6.14. The van der Waals surface area contributed by atoms with E-state index in [2.05, 4.69) is 0 Å². The van der Waals surface area contributed by atoms with Crippen molar-refractivity contribution >= 4 is 5.91 Å². The van der Waals surface area contributed by atoms with Crippen molar-refractivity contribution in [2.45, 2.75) is 25.7 Å². The molecule has 5 heteroatoms. The predicted molar refractivity (Wildman–Crippen MR) is 123 cm³/mol. The number of benzene rings is 3. The van der Waals surface area contributed by atoms with Gasteiger partial charge in [-0.1, -0.05) is 42.5 Å². The number of phenolic OH excluding ortho intramolecular Hbond substituents is 1. The Hall–Kier alpha value is -3.34. The molecule has 0 saturated carbocycles. The van der Waals surface area contributed by atoms with Gasteiger partial charge in [-0.3, -0.25) is 4.79 Å². The number of rotatable bonds is 7. The second-order valence-electron chi connectivity index (χ2n) is 8.32. The average Bonchev–Trinajstić information content (AvgIpc) is 2.83. The van der Waals surface area contributed by atoms with E-state index in [0.29, 0.717) is 17.4 Å². The third-order valence-corrected chi connectivity index (χ3v) is 6.14. The van der Waals surface area contributed by atoms with Crippen LogP contribution in [0.1, 0.15) is 24.8 Å². The Morgan fingerprint density at radius 3 is 2.38 bits per heavy atom. The van der Waals surface area contributed by atoms with Gasteiger partial charge in [-0.05, 0) is 73.1 Å². The Bertz CT molecular complexity index is 1030. The second-order valence-corrected chi connectivity index (χ2v) is 8.32. The van der Waals surface area contributed by atoms with Crippen LogP contribution in [-0.2, 0) is 11.2 Å². The van der Waals surface area contributed by atoms with Crippen LogP contribution in [0.2, 0.25) is 0 Å². The average molecular weight is 434 g/mol. The van der Waals surface area contributed by atoms with Crippen molar-refractivity contribution < 1.29 is 19.0 Å². The van der Waals surface area contributed by atoms with Crippen LogP contribution in [0.15, 0.2) is 72.8 Å². The van der Waals surface area contributed by atoms with Crippen molar-refractivity contribution in [1.82, 2.24) is 4.90 Å². The number of hydrogen-bond acceptors (Lipinski definition) is 3. The van der Waals surface area contributed by atoms with Crippen molar-refractivity contribution in [1.29, 1.82) is 0 Å². The summed E-state index contributed by atoms with van der Waals surface area (Å²) < 4.78 is 19.1. The summed E-state index contributed by atoms with van der Waals surface area (Å²) in [5, 5.41) is 9.39. The smallest absolute Gasteiger partial charge is 0.260 e. The zero-order chi connectivity index (χ0) is 22.3. The molecule has 0 unspecified atom stereocenters. The van der Waals surface area contributed by atoms with Gasteiger partial charge in [0.1, 0.15) is 17.3 Å². The van der Waals surface area contributed by atoms with Gasteiger partial charge >= 0.3 is 0 Å². The summed E-state index contributed by atoms with van der Waals surface area (Å²) in [5.74, 6) is 1.23. The van der Waals surface area contributed by atoms with Crippen molar-refractivity contribution in [3.63, 3.8) is 0 Å². The zero-order valence-corrected chi connectivity index (χ0v) is 18.0. The fraction of sp³-hybridized carbons (Fsp3) is 0.296. The first-order valence-electron chi connectivity index (χ1n) is 11.1. The summed E-state index contributed by atoms with van der Waals surface area (Å²) in [4.78, 5) is 14.6. The molecule has 1 saturated heterocycles. The van der Waals surface area contributed by atoms with Crippen molar-refractivity contribution in [2.24, 2.45) is 5.92 Å². The maximum absolute atomic E-state index is 13.2. The molecule has 3 aromatic rings. The molecule has 166 valence electrons. The molecule has 1 fully saturated rings. The molecule has 1 aliphatic heterocycles. The predicted octanol–water partition coefficient (Wildman–Crippen LogP) is 5.45. The molecule has 0 atom stereocenters. The molecule has 1 aliphatic rings. The Morgan fingerprint density at radius 1 is 0.969 bits per heavy atom. The van der Waals surface area contributed by atoms with Gasteiger partial charge in [0.05, 0.1) is 0 Å². The molecule has 1 heterocycles. The number of amides is 1. The van der Waals surface area contributed by atoms with E-state index in [4.69, 9.17) is 4.74 Å². The van der Waals surface area contributed by atoms with E-state index in [0.717, 1.165) is 49.9 Å². The number of halogens is 1. The Morgan fingerprint density at radius 2 is 1.66 bits per heavy atom. The number of piperidine rings is 1. The SMILES string of the molecule is O=C(COc1ccccc1-c1ccc(F)cc1)N1CCC(CCc2ccc(O)cc2)CC1. The first-order valence-corrected chi connectivity index (χ1v) is 11.1. The third kappa shape index (κ3) is 5.67. The van der Waals surface area contributed by atoms with Gasteiger partial charge in [-0.2, -0.15) is 0 Å². The van der Waals surface area contributed by atoms with Crippen LogP contribution in [-0.4, -0.2) is 35.6 Å². The van der Waals surface area contributed by atoms with Crippen LogP contribution in [0.5, 0.6) is 11.5 Å². The largest absolute Gasteiger partial charge is 0.508 e. The summed E-state index contributed by atoms with van der Waals surface area (Å²) in [6, 6.07) is 21.2. The molecular formula is C27H28FNO3. The summed E-state index contributed by atoms with van der Waals surface area (Å²) in [6.45, 7) is 1.50. The minimum Gasteiger partial charge on any atom is -0.508 e. The van der Waals surface area contributed by atoms with Crippen LogP contribution >= 0.6 is 0 Å². The Kier molecular flexibility index (Phi) is 7.05. The number of nitrogens with zero attached hydrogens (tertiary/aromatic N) is 1. The van der Waals surface area contributed by atoms with Gasteiger partial charge in [0.25, 0.3) is 5.91 Å². The molecular weight excluding hydrogens is 405 g/mol. The maximum atomic E-state index is 13.2. The van der Waals surface area contributed by atoms with E-state index < -0.39 is 0 Å². The maximum Gasteiger partial charge on any atom is 0.260 e. The molecule has 0 aromatic heterocycles. The summed E-state index contributed by atoms with van der Waals surface area (Å²) in [7, 11) is 0. The van der Waals surface area contributed by atoms with Crippen LogP contribution in [0.3, 0.4) is 0 Å². The van der Waals surface area contributed by atoms with Crippen molar-refractivity contribution in [3.8, 4) is 22.6 Å². The summed E-state index contributed by atoms with van der Waals surface area (Å²) in [5.41, 5.74) is 2.92. The fourth-order valence-corrected chi connectivity index (χ4v) is 4.20. The molecule has 3 aromatic carbocycles. The van der Waals surface area contributed by atoms with E-state index in [1.165, 1.54) is 17.7 Å². The number of aromatic hydroxyl groups is 1. The highest BCUT2D eigenvalue weighted by Crippen LogP contribution is 2.30. The first kappa shape index (κ1) is 21.9. The lowest BCUT2D eigenvalue weighted by molar-refractivity contribution is -0.134.